The van der Waals surface area contributed by atoms with E-state index in [4.69, 9.17) is 4.74 Å². The van der Waals surface area contributed by atoms with E-state index in [1.807, 2.05) is 18.2 Å². The van der Waals surface area contributed by atoms with Crippen molar-refractivity contribution in [1.82, 2.24) is 0 Å². The van der Waals surface area contributed by atoms with Gasteiger partial charge in [0, 0.05) is 0 Å². The predicted molar refractivity (Wildman–Crippen MR) is 63.6 cm³/mol. The minimum atomic E-state index is -0.437. The Hall–Kier alpha value is -1.02. The van der Waals surface area contributed by atoms with Crippen LogP contribution < -0.4 is 9.92 Å². The molecule has 0 aliphatic rings. The van der Waals surface area contributed by atoms with Crippen molar-refractivity contribution < 1.29 is 4.74 Å². The van der Waals surface area contributed by atoms with E-state index in [0.29, 0.717) is 0 Å². The Morgan fingerprint density at radius 2 is 2.00 bits per heavy atom. The van der Waals surface area contributed by atoms with E-state index in [-0.39, 0.29) is 0 Å². The van der Waals surface area contributed by atoms with Crippen molar-refractivity contribution >= 4 is 14.0 Å². The molecular weight excluding hydrogens is 188 g/mol. The number of hydrogen-bond donors (Lipinski definition) is 0. The van der Waals surface area contributed by atoms with E-state index in [1.54, 1.807) is 6.26 Å². The van der Waals surface area contributed by atoms with Crippen LogP contribution in [0.5, 0.6) is 5.75 Å². The van der Waals surface area contributed by atoms with Gasteiger partial charge in [-0.3, -0.25) is 0 Å². The molecule has 1 radical (unpaired) electrons. The second-order valence-corrected chi connectivity index (χ2v) is 5.93. The van der Waals surface area contributed by atoms with Gasteiger partial charge in [0.05, 0.1) is 15.1 Å². The molecule has 0 heterocycles. The van der Waals surface area contributed by atoms with Crippen LogP contribution in [0.3, 0.4) is 0 Å². The molecule has 0 aliphatic heterocycles. The van der Waals surface area contributed by atoms with Crippen molar-refractivity contribution in [3.05, 3.63) is 36.6 Å². The Labute approximate surface area is 88.0 Å². The molecule has 75 valence electrons. The molecule has 0 aliphatic carbocycles. The van der Waals surface area contributed by atoms with Gasteiger partial charge >= 0.3 is 0 Å². The lowest BCUT2D eigenvalue weighted by molar-refractivity contribution is 0.483. The maximum atomic E-state index is 5.58. The van der Waals surface area contributed by atoms with Gasteiger partial charge in [0.15, 0.2) is 0 Å². The van der Waals surface area contributed by atoms with Crippen LogP contribution in [-0.4, -0.2) is 8.80 Å². The lowest BCUT2D eigenvalue weighted by Crippen LogP contribution is -2.23. The molecular formula is C12H17OSi. The summed E-state index contributed by atoms with van der Waals surface area (Å²) in [4.78, 5) is 0. The number of hydrogen-bond acceptors (Lipinski definition) is 1. The second kappa shape index (κ2) is 5.65. The fourth-order valence-corrected chi connectivity index (χ4v) is 2.26. The lowest BCUT2D eigenvalue weighted by Gasteiger charge is -2.09. The van der Waals surface area contributed by atoms with Gasteiger partial charge in [-0.2, -0.15) is 0 Å². The third kappa shape index (κ3) is 3.03. The van der Waals surface area contributed by atoms with Gasteiger partial charge in [-0.05, 0) is 23.7 Å². The maximum Gasteiger partial charge on any atom is 0.125 e. The molecule has 0 atom stereocenters. The Kier molecular flexibility index (Phi) is 4.46. The van der Waals surface area contributed by atoms with E-state index in [1.165, 1.54) is 5.19 Å². The van der Waals surface area contributed by atoms with Crippen LogP contribution in [0.15, 0.2) is 36.6 Å². The predicted octanol–water partition coefficient (Wildman–Crippen LogP) is 2.95. The third-order valence-corrected chi connectivity index (χ3v) is 3.44. The third-order valence-electron chi connectivity index (χ3n) is 1.95. The summed E-state index contributed by atoms with van der Waals surface area (Å²) in [6, 6.07) is 8.28. The number of para-hydroxylation sites is 1. The molecule has 0 saturated carbocycles. The molecule has 2 heteroatoms. The maximum absolute atomic E-state index is 5.58. The first-order valence-electron chi connectivity index (χ1n) is 4.97. The molecule has 0 fully saturated rings. The Bertz CT molecular complexity index is 305. The van der Waals surface area contributed by atoms with Gasteiger partial charge in [-0.15, -0.1) is 0 Å². The highest BCUT2D eigenvalue weighted by atomic mass is 28.3. The largest absolute Gasteiger partial charge is 0.465 e. The average molecular weight is 205 g/mol. The summed E-state index contributed by atoms with van der Waals surface area (Å²) < 4.78 is 5.58. The second-order valence-electron chi connectivity index (χ2n) is 3.39. The minimum Gasteiger partial charge on any atom is -0.465 e. The van der Waals surface area contributed by atoms with E-state index < -0.39 is 8.80 Å². The number of ether oxygens (including phenoxy) is 1. The van der Waals surface area contributed by atoms with E-state index in [0.717, 1.165) is 12.2 Å². The Balaban J connectivity index is 2.79. The number of benzene rings is 1. The zero-order valence-corrected chi connectivity index (χ0v) is 10.1. The number of allylic oxidation sites excluding steroid dienone is 1. The van der Waals surface area contributed by atoms with Crippen molar-refractivity contribution in [2.24, 2.45) is 0 Å². The van der Waals surface area contributed by atoms with E-state index >= 15 is 0 Å². The molecule has 0 amide bonds. The van der Waals surface area contributed by atoms with Crippen molar-refractivity contribution in [2.45, 2.75) is 26.4 Å². The topological polar surface area (TPSA) is 9.23 Å². The standard InChI is InChI=1S/C12H17OSi/c1-4-5-10-13-11-8-6-7-9-12(11)14(2)3/h5-10H,4H2,1-3H3. The first-order chi connectivity index (χ1) is 6.75. The molecule has 1 aromatic rings. The minimum absolute atomic E-state index is 0.437. The highest BCUT2D eigenvalue weighted by molar-refractivity contribution is 6.71. The van der Waals surface area contributed by atoms with Crippen LogP contribution >= 0.6 is 0 Å². The van der Waals surface area contributed by atoms with Crippen molar-refractivity contribution in [1.29, 1.82) is 0 Å². The monoisotopic (exact) mass is 205 g/mol. The highest BCUT2D eigenvalue weighted by Gasteiger charge is 2.06. The molecule has 0 saturated heterocycles. The Morgan fingerprint density at radius 3 is 2.64 bits per heavy atom. The first kappa shape index (κ1) is 11.1. The summed E-state index contributed by atoms with van der Waals surface area (Å²) in [5.74, 6) is 1.01. The summed E-state index contributed by atoms with van der Waals surface area (Å²) in [6.45, 7) is 6.65. The van der Waals surface area contributed by atoms with Crippen LogP contribution in [0.25, 0.3) is 0 Å². The van der Waals surface area contributed by atoms with Crippen molar-refractivity contribution in [3.8, 4) is 5.75 Å². The van der Waals surface area contributed by atoms with E-state index in [9.17, 15) is 0 Å². The summed E-state index contributed by atoms with van der Waals surface area (Å²) >= 11 is 0. The zero-order chi connectivity index (χ0) is 10.4. The van der Waals surface area contributed by atoms with Gasteiger partial charge in [0.25, 0.3) is 0 Å². The van der Waals surface area contributed by atoms with Crippen LogP contribution in [0, 0.1) is 0 Å². The lowest BCUT2D eigenvalue weighted by atomic mass is 10.3. The highest BCUT2D eigenvalue weighted by Crippen LogP contribution is 2.08. The van der Waals surface area contributed by atoms with Crippen LogP contribution in [0.1, 0.15) is 13.3 Å². The molecule has 14 heavy (non-hydrogen) atoms. The fourth-order valence-electron chi connectivity index (χ4n) is 1.20. The summed E-state index contributed by atoms with van der Waals surface area (Å²) in [5, 5.41) is 1.36. The summed E-state index contributed by atoms with van der Waals surface area (Å²) in [5.41, 5.74) is 0. The molecule has 0 N–H and O–H groups in total. The summed E-state index contributed by atoms with van der Waals surface area (Å²) in [6.07, 6.45) is 4.82. The van der Waals surface area contributed by atoms with Crippen molar-refractivity contribution in [2.75, 3.05) is 0 Å². The van der Waals surface area contributed by atoms with Crippen molar-refractivity contribution in [3.63, 3.8) is 0 Å². The molecule has 1 nitrogen and oxygen atoms in total. The van der Waals surface area contributed by atoms with Gasteiger partial charge in [-0.25, -0.2) is 0 Å². The van der Waals surface area contributed by atoms with Crippen LogP contribution in [0.4, 0.5) is 0 Å². The van der Waals surface area contributed by atoms with Gasteiger partial charge < -0.3 is 4.74 Å². The molecule has 1 aromatic carbocycles. The normalized spacial score (nSPS) is 11.1. The molecule has 0 unspecified atom stereocenters. The van der Waals surface area contributed by atoms with E-state index in [2.05, 4.69) is 32.2 Å². The average Bonchev–Trinajstić information content (AvgIpc) is 2.19. The molecule has 1 rings (SSSR count). The quantitative estimate of drug-likeness (QED) is 0.542. The molecule has 0 spiro atoms. The molecule has 0 aromatic heterocycles. The Morgan fingerprint density at radius 1 is 1.29 bits per heavy atom. The SMILES string of the molecule is CCC=COc1ccccc1[Si](C)C. The summed E-state index contributed by atoms with van der Waals surface area (Å²) in [7, 11) is -0.437. The fraction of sp³-hybridized carbons (Fsp3) is 0.333. The zero-order valence-electron chi connectivity index (χ0n) is 9.08. The number of rotatable bonds is 4. The first-order valence-corrected chi connectivity index (χ1v) is 7.47. The van der Waals surface area contributed by atoms with Gasteiger partial charge in [-0.1, -0.05) is 38.2 Å². The molecule has 0 bridgehead atoms. The van der Waals surface area contributed by atoms with Crippen LogP contribution in [-0.2, 0) is 0 Å². The smallest absolute Gasteiger partial charge is 0.125 e. The van der Waals surface area contributed by atoms with Gasteiger partial charge in [0.1, 0.15) is 5.75 Å². The van der Waals surface area contributed by atoms with Gasteiger partial charge in [0.2, 0.25) is 0 Å². The van der Waals surface area contributed by atoms with Crippen LogP contribution in [0.2, 0.25) is 13.1 Å².